The van der Waals surface area contributed by atoms with E-state index < -0.39 is 11.5 Å². The second-order valence-electron chi connectivity index (χ2n) is 3.64. The molecule has 2 heterocycles. The summed E-state index contributed by atoms with van der Waals surface area (Å²) in [6, 6.07) is 1.47. The Morgan fingerprint density at radius 2 is 2.13 bits per heavy atom. The second kappa shape index (κ2) is 4.28. The first-order valence-electron chi connectivity index (χ1n) is 4.73. The Morgan fingerprint density at radius 3 is 2.80 bits per heavy atom. The van der Waals surface area contributed by atoms with E-state index in [-0.39, 0.29) is 5.56 Å². The third-order valence-electron chi connectivity index (χ3n) is 2.63. The summed E-state index contributed by atoms with van der Waals surface area (Å²) in [4.78, 5) is 3.53. The Kier molecular flexibility index (Phi) is 3.19. The number of aromatic nitrogens is 1. The fourth-order valence-electron chi connectivity index (χ4n) is 1.73. The zero-order chi connectivity index (χ0) is 10.9. The predicted octanol–water partition coefficient (Wildman–Crippen LogP) is 2.59. The molecule has 1 aliphatic heterocycles. The van der Waals surface area contributed by atoms with Gasteiger partial charge < -0.3 is 5.11 Å². The molecule has 5 heteroatoms. The van der Waals surface area contributed by atoms with Crippen molar-refractivity contribution >= 4 is 23.4 Å². The number of pyridine rings is 1. The van der Waals surface area contributed by atoms with Crippen molar-refractivity contribution in [2.45, 2.75) is 18.4 Å². The number of halogens is 2. The smallest absolute Gasteiger partial charge is 0.219 e. The van der Waals surface area contributed by atoms with Crippen LogP contribution in [0, 0.1) is 5.95 Å². The molecule has 82 valence electrons. The standard InChI is InChI=1S/C10H11ClFNOS/c11-7-5-8(9(12)13-6-7)10(14)1-3-15-4-2-10/h5-6,14H,1-4H2. The Hall–Kier alpha value is -0.320. The van der Waals surface area contributed by atoms with E-state index in [1.807, 2.05) is 0 Å². The van der Waals surface area contributed by atoms with E-state index in [0.717, 1.165) is 11.5 Å². The molecule has 2 rings (SSSR count). The van der Waals surface area contributed by atoms with Gasteiger partial charge in [-0.05, 0) is 30.4 Å². The van der Waals surface area contributed by atoms with Gasteiger partial charge in [-0.2, -0.15) is 16.2 Å². The van der Waals surface area contributed by atoms with Crippen LogP contribution in [-0.4, -0.2) is 21.6 Å². The van der Waals surface area contributed by atoms with Crippen LogP contribution in [0.4, 0.5) is 4.39 Å². The van der Waals surface area contributed by atoms with Crippen LogP contribution in [0.2, 0.25) is 5.02 Å². The van der Waals surface area contributed by atoms with Crippen molar-refractivity contribution in [2.75, 3.05) is 11.5 Å². The first-order valence-corrected chi connectivity index (χ1v) is 6.27. The molecule has 2 nitrogen and oxygen atoms in total. The van der Waals surface area contributed by atoms with Crippen molar-refractivity contribution in [3.8, 4) is 0 Å². The van der Waals surface area contributed by atoms with Crippen LogP contribution in [0.15, 0.2) is 12.3 Å². The molecule has 1 aliphatic rings. The van der Waals surface area contributed by atoms with Crippen LogP contribution < -0.4 is 0 Å². The summed E-state index contributed by atoms with van der Waals surface area (Å²) in [5.74, 6) is 1.05. The first kappa shape index (κ1) is 11.2. The lowest BCUT2D eigenvalue weighted by molar-refractivity contribution is 0.0238. The molecule has 0 amide bonds. The molecule has 0 spiro atoms. The van der Waals surface area contributed by atoms with Gasteiger partial charge in [-0.15, -0.1) is 0 Å². The van der Waals surface area contributed by atoms with Crippen LogP contribution in [0.3, 0.4) is 0 Å². The van der Waals surface area contributed by atoms with Gasteiger partial charge in [0.2, 0.25) is 5.95 Å². The van der Waals surface area contributed by atoms with Gasteiger partial charge in [0.15, 0.2) is 0 Å². The van der Waals surface area contributed by atoms with E-state index in [1.54, 1.807) is 11.8 Å². The fraction of sp³-hybridized carbons (Fsp3) is 0.500. The molecular formula is C10H11ClFNOS. The monoisotopic (exact) mass is 247 g/mol. The van der Waals surface area contributed by atoms with Gasteiger partial charge in [0.1, 0.15) is 0 Å². The minimum absolute atomic E-state index is 0.232. The second-order valence-corrected chi connectivity index (χ2v) is 5.30. The zero-order valence-electron chi connectivity index (χ0n) is 8.04. The highest BCUT2D eigenvalue weighted by Crippen LogP contribution is 2.37. The lowest BCUT2D eigenvalue weighted by Gasteiger charge is -2.32. The van der Waals surface area contributed by atoms with Gasteiger partial charge >= 0.3 is 0 Å². The lowest BCUT2D eigenvalue weighted by Crippen LogP contribution is -2.31. The SMILES string of the molecule is OC1(c2cc(Cl)cnc2F)CCSCC1. The van der Waals surface area contributed by atoms with Gasteiger partial charge in [0.05, 0.1) is 10.6 Å². The topological polar surface area (TPSA) is 33.1 Å². The van der Waals surface area contributed by atoms with E-state index in [0.29, 0.717) is 17.9 Å². The van der Waals surface area contributed by atoms with E-state index in [9.17, 15) is 9.50 Å². The van der Waals surface area contributed by atoms with Crippen molar-refractivity contribution in [1.29, 1.82) is 0 Å². The number of nitrogens with zero attached hydrogens (tertiary/aromatic N) is 1. The molecule has 1 N–H and O–H groups in total. The molecule has 1 saturated heterocycles. The summed E-state index contributed by atoms with van der Waals surface area (Å²) >= 11 is 7.52. The summed E-state index contributed by atoms with van der Waals surface area (Å²) in [5.41, 5.74) is -0.858. The third kappa shape index (κ3) is 2.27. The summed E-state index contributed by atoms with van der Waals surface area (Å²) in [6.45, 7) is 0. The van der Waals surface area contributed by atoms with Gasteiger partial charge in [-0.3, -0.25) is 0 Å². The molecule has 0 bridgehead atoms. The average Bonchev–Trinajstić information content (AvgIpc) is 2.23. The van der Waals surface area contributed by atoms with Crippen molar-refractivity contribution < 1.29 is 9.50 Å². The molecular weight excluding hydrogens is 237 g/mol. The molecule has 0 unspecified atom stereocenters. The number of rotatable bonds is 1. The largest absolute Gasteiger partial charge is 0.385 e. The summed E-state index contributed by atoms with van der Waals surface area (Å²) in [7, 11) is 0. The Bertz CT molecular complexity index is 368. The third-order valence-corrected chi connectivity index (χ3v) is 3.82. The number of thioether (sulfide) groups is 1. The minimum atomic E-state index is -1.09. The van der Waals surface area contributed by atoms with Crippen LogP contribution in [-0.2, 0) is 5.60 Å². The highest BCUT2D eigenvalue weighted by molar-refractivity contribution is 7.99. The molecule has 0 aliphatic carbocycles. The fourth-order valence-corrected chi connectivity index (χ4v) is 3.05. The molecule has 0 aromatic carbocycles. The van der Waals surface area contributed by atoms with Crippen LogP contribution in [0.5, 0.6) is 0 Å². The molecule has 0 radical (unpaired) electrons. The summed E-state index contributed by atoms with van der Waals surface area (Å²) in [5, 5.41) is 10.7. The Balaban J connectivity index is 2.38. The summed E-state index contributed by atoms with van der Waals surface area (Å²) in [6.07, 6.45) is 2.36. The Labute approximate surface area is 96.9 Å². The van der Waals surface area contributed by atoms with E-state index in [2.05, 4.69) is 4.98 Å². The van der Waals surface area contributed by atoms with Crippen molar-refractivity contribution in [2.24, 2.45) is 0 Å². The predicted molar refractivity (Wildman–Crippen MR) is 59.7 cm³/mol. The van der Waals surface area contributed by atoms with Crippen LogP contribution in [0.1, 0.15) is 18.4 Å². The maximum absolute atomic E-state index is 13.5. The van der Waals surface area contributed by atoms with Gasteiger partial charge in [0, 0.05) is 11.8 Å². The summed E-state index contributed by atoms with van der Waals surface area (Å²) < 4.78 is 13.5. The zero-order valence-corrected chi connectivity index (χ0v) is 9.61. The molecule has 0 saturated carbocycles. The maximum atomic E-state index is 13.5. The molecule has 1 fully saturated rings. The molecule has 0 atom stereocenters. The first-order chi connectivity index (χ1) is 7.12. The number of hydrogen-bond donors (Lipinski definition) is 1. The van der Waals surface area contributed by atoms with Crippen LogP contribution >= 0.6 is 23.4 Å². The van der Waals surface area contributed by atoms with Gasteiger partial charge in [-0.1, -0.05) is 11.6 Å². The maximum Gasteiger partial charge on any atom is 0.219 e. The van der Waals surface area contributed by atoms with E-state index >= 15 is 0 Å². The molecule has 1 aromatic rings. The Morgan fingerprint density at radius 1 is 1.47 bits per heavy atom. The normalized spacial score (nSPS) is 20.2. The van der Waals surface area contributed by atoms with Crippen molar-refractivity contribution in [3.05, 3.63) is 28.8 Å². The number of hydrogen-bond acceptors (Lipinski definition) is 3. The van der Waals surface area contributed by atoms with Gasteiger partial charge in [0.25, 0.3) is 0 Å². The van der Waals surface area contributed by atoms with E-state index in [1.165, 1.54) is 12.3 Å². The average molecular weight is 248 g/mol. The highest BCUT2D eigenvalue weighted by atomic mass is 35.5. The number of aliphatic hydroxyl groups is 1. The van der Waals surface area contributed by atoms with Gasteiger partial charge in [-0.25, -0.2) is 4.98 Å². The molecule has 1 aromatic heterocycles. The van der Waals surface area contributed by atoms with Crippen LogP contribution in [0.25, 0.3) is 0 Å². The lowest BCUT2D eigenvalue weighted by atomic mass is 9.89. The highest BCUT2D eigenvalue weighted by Gasteiger charge is 2.34. The minimum Gasteiger partial charge on any atom is -0.385 e. The van der Waals surface area contributed by atoms with E-state index in [4.69, 9.17) is 11.6 Å². The quantitative estimate of drug-likeness (QED) is 0.775. The van der Waals surface area contributed by atoms with Crippen molar-refractivity contribution in [3.63, 3.8) is 0 Å². The van der Waals surface area contributed by atoms with Crippen molar-refractivity contribution in [1.82, 2.24) is 4.98 Å². The molecule has 15 heavy (non-hydrogen) atoms.